The van der Waals surface area contributed by atoms with Crippen molar-refractivity contribution < 1.29 is 9.72 Å². The zero-order chi connectivity index (χ0) is 15.8. The molecular formula is C15H21N3O3. The van der Waals surface area contributed by atoms with E-state index < -0.39 is 5.54 Å². The summed E-state index contributed by atoms with van der Waals surface area (Å²) in [5.41, 5.74) is 1.61. The Bertz CT molecular complexity index is 582. The van der Waals surface area contributed by atoms with Gasteiger partial charge in [0.05, 0.1) is 17.0 Å². The average molecular weight is 291 g/mol. The van der Waals surface area contributed by atoms with Crippen LogP contribution in [-0.4, -0.2) is 47.8 Å². The summed E-state index contributed by atoms with van der Waals surface area (Å²) in [4.78, 5) is 26.6. The highest BCUT2D eigenvalue weighted by Gasteiger charge is 2.37. The van der Waals surface area contributed by atoms with Crippen molar-refractivity contribution in [1.29, 1.82) is 0 Å². The normalized spacial score (nSPS) is 16.7. The monoisotopic (exact) mass is 291 g/mol. The molecule has 0 N–H and O–H groups in total. The number of carbonyl (C=O) groups excluding carboxylic acids is 1. The van der Waals surface area contributed by atoms with Gasteiger partial charge < -0.3 is 9.80 Å². The molecule has 1 aliphatic heterocycles. The fraction of sp³-hybridized carbons (Fsp3) is 0.533. The second kappa shape index (κ2) is 5.44. The second-order valence-corrected chi connectivity index (χ2v) is 6.19. The third-order valence-electron chi connectivity index (χ3n) is 3.99. The number of nitrogens with zero attached hydrogens (tertiary/aromatic N) is 3. The Morgan fingerprint density at radius 3 is 2.67 bits per heavy atom. The number of hydrogen-bond acceptors (Lipinski definition) is 4. The Labute approximate surface area is 124 Å². The van der Waals surface area contributed by atoms with E-state index in [1.165, 1.54) is 6.07 Å². The van der Waals surface area contributed by atoms with Gasteiger partial charge in [0.25, 0.3) is 5.69 Å². The van der Waals surface area contributed by atoms with Crippen LogP contribution in [0.15, 0.2) is 18.2 Å². The number of benzene rings is 1. The van der Waals surface area contributed by atoms with Gasteiger partial charge in [-0.3, -0.25) is 14.9 Å². The van der Waals surface area contributed by atoms with Gasteiger partial charge in [-0.15, -0.1) is 0 Å². The van der Waals surface area contributed by atoms with Crippen molar-refractivity contribution in [2.45, 2.75) is 25.8 Å². The minimum Gasteiger partial charge on any atom is -0.332 e. The summed E-state index contributed by atoms with van der Waals surface area (Å²) in [6.45, 7) is 4.94. The molecule has 1 aromatic carbocycles. The number of hydrogen-bond donors (Lipinski definition) is 0. The van der Waals surface area contributed by atoms with Crippen molar-refractivity contribution in [3.8, 4) is 0 Å². The van der Waals surface area contributed by atoms with E-state index in [9.17, 15) is 14.9 Å². The molecule has 0 spiro atoms. The number of rotatable bonds is 3. The van der Waals surface area contributed by atoms with Crippen LogP contribution in [0.3, 0.4) is 0 Å². The van der Waals surface area contributed by atoms with E-state index in [-0.39, 0.29) is 16.5 Å². The first kappa shape index (κ1) is 15.4. The number of non-ortho nitro benzene ring substituents is 1. The van der Waals surface area contributed by atoms with Crippen LogP contribution >= 0.6 is 0 Å². The quantitative estimate of drug-likeness (QED) is 0.629. The molecule has 1 heterocycles. The number of amides is 1. The number of nitro groups is 1. The highest BCUT2D eigenvalue weighted by molar-refractivity contribution is 5.79. The van der Waals surface area contributed by atoms with Crippen LogP contribution in [0, 0.1) is 10.1 Å². The topological polar surface area (TPSA) is 66.7 Å². The number of nitro benzene ring substituents is 1. The molecule has 0 aliphatic carbocycles. The van der Waals surface area contributed by atoms with Crippen LogP contribution < -0.4 is 0 Å². The summed E-state index contributed by atoms with van der Waals surface area (Å²) in [5.74, 6) is 0.0778. The molecule has 0 aromatic heterocycles. The highest BCUT2D eigenvalue weighted by atomic mass is 16.6. The molecular weight excluding hydrogens is 270 g/mol. The molecule has 1 amide bonds. The van der Waals surface area contributed by atoms with Gasteiger partial charge in [-0.05, 0) is 51.6 Å². The van der Waals surface area contributed by atoms with Gasteiger partial charge in [0.15, 0.2) is 0 Å². The van der Waals surface area contributed by atoms with Gasteiger partial charge in [0.2, 0.25) is 5.91 Å². The van der Waals surface area contributed by atoms with E-state index in [1.54, 1.807) is 12.1 Å². The fourth-order valence-electron chi connectivity index (χ4n) is 2.95. The third kappa shape index (κ3) is 2.90. The molecule has 114 valence electrons. The van der Waals surface area contributed by atoms with Crippen molar-refractivity contribution >= 4 is 11.6 Å². The molecule has 0 radical (unpaired) electrons. The van der Waals surface area contributed by atoms with Gasteiger partial charge in [-0.1, -0.05) is 0 Å². The van der Waals surface area contributed by atoms with Crippen molar-refractivity contribution in [2.24, 2.45) is 0 Å². The summed E-state index contributed by atoms with van der Waals surface area (Å²) < 4.78 is 0. The lowest BCUT2D eigenvalue weighted by Crippen LogP contribution is -2.52. The average Bonchev–Trinajstić information content (AvgIpc) is 2.36. The minimum absolute atomic E-state index is 0.0778. The number of carbonyl (C=O) groups is 1. The first-order chi connectivity index (χ1) is 9.73. The van der Waals surface area contributed by atoms with E-state index >= 15 is 0 Å². The van der Waals surface area contributed by atoms with Crippen LogP contribution in [-0.2, 0) is 16.8 Å². The minimum atomic E-state index is -0.449. The molecule has 0 atom stereocenters. The third-order valence-corrected chi connectivity index (χ3v) is 3.99. The Hall–Kier alpha value is -1.95. The SMILES string of the molecule is CN(C)CC(=O)N1CCc2cc([N+](=O)[O-])ccc2C1(C)C. The largest absolute Gasteiger partial charge is 0.332 e. The maximum atomic E-state index is 12.4. The molecule has 0 unspecified atom stereocenters. The number of likely N-dealkylation sites (N-methyl/N-ethyl adjacent to an activating group) is 1. The van der Waals surface area contributed by atoms with Crippen molar-refractivity contribution in [3.63, 3.8) is 0 Å². The number of fused-ring (bicyclic) bond motifs is 1. The van der Waals surface area contributed by atoms with Crippen LogP contribution in [0.2, 0.25) is 0 Å². The van der Waals surface area contributed by atoms with Crippen molar-refractivity contribution in [3.05, 3.63) is 39.4 Å². The maximum Gasteiger partial charge on any atom is 0.269 e. The molecule has 1 aromatic rings. The summed E-state index contributed by atoms with van der Waals surface area (Å²) in [5, 5.41) is 10.9. The van der Waals surface area contributed by atoms with E-state index in [1.807, 2.05) is 37.7 Å². The van der Waals surface area contributed by atoms with Gasteiger partial charge in [-0.25, -0.2) is 0 Å². The van der Waals surface area contributed by atoms with Crippen LogP contribution in [0.5, 0.6) is 0 Å². The van der Waals surface area contributed by atoms with Gasteiger partial charge in [-0.2, -0.15) is 0 Å². The summed E-state index contributed by atoms with van der Waals surface area (Å²) in [6, 6.07) is 4.92. The molecule has 0 saturated carbocycles. The van der Waals surface area contributed by atoms with E-state index in [2.05, 4.69) is 0 Å². The van der Waals surface area contributed by atoms with Crippen molar-refractivity contribution in [2.75, 3.05) is 27.2 Å². The summed E-state index contributed by atoms with van der Waals surface area (Å²) in [6.07, 6.45) is 0.652. The Morgan fingerprint density at radius 1 is 1.43 bits per heavy atom. The lowest BCUT2D eigenvalue weighted by Gasteiger charge is -2.44. The fourth-order valence-corrected chi connectivity index (χ4v) is 2.95. The Balaban J connectivity index is 2.35. The molecule has 2 rings (SSSR count). The highest BCUT2D eigenvalue weighted by Crippen LogP contribution is 2.36. The Kier molecular flexibility index (Phi) is 4.00. The van der Waals surface area contributed by atoms with Gasteiger partial charge in [0, 0.05) is 18.7 Å². The standard InChI is InChI=1S/C15H21N3O3/c1-15(2)13-6-5-12(18(20)21)9-11(13)7-8-17(15)14(19)10-16(3)4/h5-6,9H,7-8,10H2,1-4H3. The van der Waals surface area contributed by atoms with Crippen LogP contribution in [0.4, 0.5) is 5.69 Å². The van der Waals surface area contributed by atoms with Gasteiger partial charge >= 0.3 is 0 Å². The molecule has 21 heavy (non-hydrogen) atoms. The predicted molar refractivity (Wildman–Crippen MR) is 80.1 cm³/mol. The zero-order valence-electron chi connectivity index (χ0n) is 12.9. The van der Waals surface area contributed by atoms with Gasteiger partial charge in [0.1, 0.15) is 0 Å². The molecule has 6 nitrogen and oxygen atoms in total. The molecule has 0 fully saturated rings. The van der Waals surface area contributed by atoms with E-state index in [4.69, 9.17) is 0 Å². The van der Waals surface area contributed by atoms with Crippen LogP contribution in [0.25, 0.3) is 0 Å². The first-order valence-electron chi connectivity index (χ1n) is 6.96. The lowest BCUT2D eigenvalue weighted by atomic mass is 9.83. The van der Waals surface area contributed by atoms with Crippen molar-refractivity contribution in [1.82, 2.24) is 9.80 Å². The molecule has 6 heteroatoms. The van der Waals surface area contributed by atoms with E-state index in [0.29, 0.717) is 19.5 Å². The molecule has 0 bridgehead atoms. The Morgan fingerprint density at radius 2 is 2.10 bits per heavy atom. The lowest BCUT2D eigenvalue weighted by molar-refractivity contribution is -0.385. The summed E-state index contributed by atoms with van der Waals surface area (Å²) in [7, 11) is 3.73. The first-order valence-corrected chi connectivity index (χ1v) is 6.96. The smallest absolute Gasteiger partial charge is 0.269 e. The maximum absolute atomic E-state index is 12.4. The van der Waals surface area contributed by atoms with Crippen LogP contribution in [0.1, 0.15) is 25.0 Å². The predicted octanol–water partition coefficient (Wildman–Crippen LogP) is 1.78. The second-order valence-electron chi connectivity index (χ2n) is 6.19. The molecule has 0 saturated heterocycles. The summed E-state index contributed by atoms with van der Waals surface area (Å²) >= 11 is 0. The molecule has 1 aliphatic rings. The zero-order valence-corrected chi connectivity index (χ0v) is 12.9. The van der Waals surface area contributed by atoms with E-state index in [0.717, 1.165) is 11.1 Å².